The molecule has 6 nitrogen and oxygen atoms in total. The predicted molar refractivity (Wildman–Crippen MR) is 66.4 cm³/mol. The lowest BCUT2D eigenvalue weighted by Crippen LogP contribution is -2.40. The van der Waals surface area contributed by atoms with Crippen molar-refractivity contribution in [1.82, 2.24) is 14.7 Å². The average Bonchev–Trinajstić information content (AvgIpc) is 2.67. The van der Waals surface area contributed by atoms with Crippen LogP contribution in [-0.2, 0) is 16.4 Å². The van der Waals surface area contributed by atoms with Gasteiger partial charge in [0.2, 0.25) is 0 Å². The lowest BCUT2D eigenvalue weighted by molar-refractivity contribution is 0.284. The smallest absolute Gasteiger partial charge is 0.152 e. The molecule has 1 aromatic rings. The zero-order valence-corrected chi connectivity index (χ0v) is 10.6. The van der Waals surface area contributed by atoms with Crippen LogP contribution in [0.25, 0.3) is 0 Å². The van der Waals surface area contributed by atoms with E-state index in [-0.39, 0.29) is 0 Å². The highest BCUT2D eigenvalue weighted by Crippen LogP contribution is 2.05. The van der Waals surface area contributed by atoms with Gasteiger partial charge in [-0.05, 0) is 19.0 Å². The maximum atomic E-state index is 11.2. The summed E-state index contributed by atoms with van der Waals surface area (Å²) in [4.78, 5) is 2.19. The highest BCUT2D eigenvalue weighted by atomic mass is 32.2. The molecule has 0 radical (unpaired) electrons. The fourth-order valence-electron chi connectivity index (χ4n) is 1.93. The Kier molecular flexibility index (Phi) is 3.68. The van der Waals surface area contributed by atoms with Gasteiger partial charge < -0.3 is 10.6 Å². The number of rotatable bonds is 4. The lowest BCUT2D eigenvalue weighted by Gasteiger charge is -2.26. The van der Waals surface area contributed by atoms with E-state index in [2.05, 4.69) is 10.00 Å². The van der Waals surface area contributed by atoms with E-state index in [1.54, 1.807) is 6.07 Å². The number of nitrogen functional groups attached to an aromatic ring is 1. The van der Waals surface area contributed by atoms with Crippen molar-refractivity contribution in [2.75, 3.05) is 36.9 Å². The van der Waals surface area contributed by atoms with Gasteiger partial charge in [0.1, 0.15) is 5.82 Å². The van der Waals surface area contributed by atoms with Crippen molar-refractivity contribution in [2.24, 2.45) is 0 Å². The molecule has 0 saturated carbocycles. The predicted octanol–water partition coefficient (Wildman–Crippen LogP) is -0.414. The van der Waals surface area contributed by atoms with E-state index in [0.29, 0.717) is 30.4 Å². The highest BCUT2D eigenvalue weighted by molar-refractivity contribution is 7.91. The van der Waals surface area contributed by atoms with Gasteiger partial charge in [0.05, 0.1) is 11.5 Å². The zero-order valence-electron chi connectivity index (χ0n) is 9.75. The summed E-state index contributed by atoms with van der Waals surface area (Å²) < 4.78 is 24.3. The Hall–Kier alpha value is -1.08. The fraction of sp³-hybridized carbons (Fsp3) is 0.700. The van der Waals surface area contributed by atoms with Crippen molar-refractivity contribution in [3.63, 3.8) is 0 Å². The summed E-state index contributed by atoms with van der Waals surface area (Å²) in [6.07, 6.45) is 2.82. The van der Waals surface area contributed by atoms with E-state index in [4.69, 9.17) is 5.73 Å². The van der Waals surface area contributed by atoms with Gasteiger partial charge in [0.15, 0.2) is 9.84 Å². The van der Waals surface area contributed by atoms with E-state index in [1.807, 2.05) is 10.9 Å². The fourth-order valence-corrected chi connectivity index (χ4v) is 3.21. The largest absolute Gasteiger partial charge is 0.382 e. The molecule has 0 bridgehead atoms. The second kappa shape index (κ2) is 5.05. The number of nitrogens with zero attached hydrogens (tertiary/aromatic N) is 3. The molecule has 0 spiro atoms. The lowest BCUT2D eigenvalue weighted by atomic mass is 10.3. The molecule has 96 valence electrons. The number of nitrogens with two attached hydrogens (primary N) is 1. The van der Waals surface area contributed by atoms with E-state index in [1.165, 1.54) is 0 Å². The Morgan fingerprint density at radius 3 is 2.59 bits per heavy atom. The first-order valence-electron chi connectivity index (χ1n) is 5.77. The monoisotopic (exact) mass is 258 g/mol. The van der Waals surface area contributed by atoms with Gasteiger partial charge in [-0.15, -0.1) is 0 Å². The van der Waals surface area contributed by atoms with Crippen LogP contribution in [0.3, 0.4) is 0 Å². The van der Waals surface area contributed by atoms with Crippen molar-refractivity contribution < 1.29 is 8.42 Å². The normalized spacial score (nSPS) is 20.5. The summed E-state index contributed by atoms with van der Waals surface area (Å²) in [7, 11) is -2.77. The number of hydrogen-bond acceptors (Lipinski definition) is 5. The van der Waals surface area contributed by atoms with E-state index < -0.39 is 9.84 Å². The summed E-state index contributed by atoms with van der Waals surface area (Å²) >= 11 is 0. The van der Waals surface area contributed by atoms with E-state index in [0.717, 1.165) is 19.5 Å². The first kappa shape index (κ1) is 12.4. The van der Waals surface area contributed by atoms with Gasteiger partial charge in [-0.2, -0.15) is 5.10 Å². The minimum atomic E-state index is -2.77. The van der Waals surface area contributed by atoms with Crippen LogP contribution < -0.4 is 5.73 Å². The molecule has 2 rings (SSSR count). The molecule has 0 aliphatic carbocycles. The molecule has 1 aliphatic rings. The van der Waals surface area contributed by atoms with Crippen molar-refractivity contribution in [1.29, 1.82) is 0 Å². The Morgan fingerprint density at radius 1 is 1.29 bits per heavy atom. The van der Waals surface area contributed by atoms with Crippen LogP contribution >= 0.6 is 0 Å². The number of sulfone groups is 1. The first-order chi connectivity index (χ1) is 8.05. The average molecular weight is 258 g/mol. The van der Waals surface area contributed by atoms with Crippen LogP contribution in [0, 0.1) is 0 Å². The molecule has 0 atom stereocenters. The number of anilines is 1. The molecule has 17 heavy (non-hydrogen) atoms. The van der Waals surface area contributed by atoms with Gasteiger partial charge in [0.25, 0.3) is 0 Å². The zero-order chi connectivity index (χ0) is 12.3. The van der Waals surface area contributed by atoms with Crippen LogP contribution in [0.5, 0.6) is 0 Å². The summed E-state index contributed by atoms with van der Waals surface area (Å²) in [6, 6.07) is 1.77. The van der Waals surface area contributed by atoms with Gasteiger partial charge in [-0.3, -0.25) is 4.68 Å². The Balaban J connectivity index is 1.70. The molecule has 0 amide bonds. The second-order valence-electron chi connectivity index (χ2n) is 4.35. The summed E-state index contributed by atoms with van der Waals surface area (Å²) in [5, 5.41) is 4.10. The third-order valence-electron chi connectivity index (χ3n) is 2.96. The molecule has 0 aromatic carbocycles. The van der Waals surface area contributed by atoms with Crippen LogP contribution in [0.4, 0.5) is 5.82 Å². The van der Waals surface area contributed by atoms with E-state index in [9.17, 15) is 8.42 Å². The SMILES string of the molecule is Nc1ccn(CCCN2CCS(=O)(=O)CC2)n1. The topological polar surface area (TPSA) is 81.2 Å². The van der Waals surface area contributed by atoms with Crippen molar-refractivity contribution in [2.45, 2.75) is 13.0 Å². The van der Waals surface area contributed by atoms with Crippen LogP contribution in [0.1, 0.15) is 6.42 Å². The minimum Gasteiger partial charge on any atom is -0.382 e. The van der Waals surface area contributed by atoms with Gasteiger partial charge in [0, 0.05) is 25.8 Å². The minimum absolute atomic E-state index is 0.293. The van der Waals surface area contributed by atoms with Crippen LogP contribution in [0.2, 0.25) is 0 Å². The number of aryl methyl sites for hydroxylation is 1. The maximum absolute atomic E-state index is 11.2. The highest BCUT2D eigenvalue weighted by Gasteiger charge is 2.20. The van der Waals surface area contributed by atoms with Crippen molar-refractivity contribution in [3.05, 3.63) is 12.3 Å². The molecular formula is C10H18N4O2S. The molecule has 1 saturated heterocycles. The van der Waals surface area contributed by atoms with Gasteiger partial charge in [-0.1, -0.05) is 0 Å². The molecule has 1 aromatic heterocycles. The molecule has 0 unspecified atom stereocenters. The quantitative estimate of drug-likeness (QED) is 0.793. The maximum Gasteiger partial charge on any atom is 0.152 e. The van der Waals surface area contributed by atoms with E-state index >= 15 is 0 Å². The summed E-state index contributed by atoms with van der Waals surface area (Å²) in [5.41, 5.74) is 5.51. The Bertz CT molecular complexity index is 454. The molecular weight excluding hydrogens is 240 g/mol. The number of aromatic nitrogens is 2. The van der Waals surface area contributed by atoms with Crippen molar-refractivity contribution >= 4 is 15.7 Å². The second-order valence-corrected chi connectivity index (χ2v) is 6.65. The van der Waals surface area contributed by atoms with Crippen LogP contribution in [0.15, 0.2) is 12.3 Å². The molecule has 2 heterocycles. The third kappa shape index (κ3) is 3.71. The Labute approximate surface area is 101 Å². The summed E-state index contributed by atoms with van der Waals surface area (Å²) in [6.45, 7) is 3.04. The third-order valence-corrected chi connectivity index (χ3v) is 4.57. The van der Waals surface area contributed by atoms with Crippen LogP contribution in [-0.4, -0.2) is 54.2 Å². The standard InChI is InChI=1S/C10H18N4O2S/c11-10-2-5-14(12-10)4-1-3-13-6-8-17(15,16)9-7-13/h2,5H,1,3-4,6-9H2,(H2,11,12). The molecule has 1 aliphatic heterocycles. The molecule has 7 heteroatoms. The number of hydrogen-bond donors (Lipinski definition) is 1. The first-order valence-corrected chi connectivity index (χ1v) is 7.59. The van der Waals surface area contributed by atoms with Gasteiger partial charge in [-0.25, -0.2) is 8.42 Å². The summed E-state index contributed by atoms with van der Waals surface area (Å²) in [5.74, 6) is 1.12. The molecule has 2 N–H and O–H groups in total. The Morgan fingerprint density at radius 2 is 2.00 bits per heavy atom. The van der Waals surface area contributed by atoms with Gasteiger partial charge >= 0.3 is 0 Å². The van der Waals surface area contributed by atoms with Crippen molar-refractivity contribution in [3.8, 4) is 0 Å². The molecule has 1 fully saturated rings.